The molecule has 0 fully saturated rings. The van der Waals surface area contributed by atoms with E-state index < -0.39 is 11.6 Å². The second-order valence-corrected chi connectivity index (χ2v) is 5.61. The predicted molar refractivity (Wildman–Crippen MR) is 85.6 cm³/mol. The summed E-state index contributed by atoms with van der Waals surface area (Å²) in [6.45, 7) is 1.62. The van der Waals surface area contributed by atoms with E-state index >= 15 is 0 Å². The predicted octanol–water partition coefficient (Wildman–Crippen LogP) is 2.81. The second-order valence-electron chi connectivity index (χ2n) is 5.61. The number of fused-ring (bicyclic) bond motifs is 1. The van der Waals surface area contributed by atoms with Crippen molar-refractivity contribution in [1.82, 2.24) is 0 Å². The van der Waals surface area contributed by atoms with Gasteiger partial charge in [-0.3, -0.25) is 4.79 Å². The van der Waals surface area contributed by atoms with Gasteiger partial charge in [-0.15, -0.1) is 0 Å². The summed E-state index contributed by atoms with van der Waals surface area (Å²) in [6, 6.07) is 14.3. The van der Waals surface area contributed by atoms with E-state index in [1.807, 2.05) is 18.2 Å². The highest BCUT2D eigenvalue weighted by molar-refractivity contribution is 6.03. The smallest absolute Gasteiger partial charge is 0.339 e. The number of amides is 1. The molecule has 2 aromatic carbocycles. The van der Waals surface area contributed by atoms with E-state index in [1.165, 1.54) is 7.11 Å². The zero-order valence-corrected chi connectivity index (χ0v) is 13.0. The van der Waals surface area contributed by atoms with Crippen LogP contribution in [0.25, 0.3) is 0 Å². The van der Waals surface area contributed by atoms with Crippen LogP contribution in [0.4, 0.5) is 5.69 Å². The van der Waals surface area contributed by atoms with Crippen molar-refractivity contribution in [3.8, 4) is 5.75 Å². The molecule has 0 saturated heterocycles. The molecule has 0 aromatic heterocycles. The molecule has 0 spiro atoms. The molecule has 3 rings (SSSR count). The van der Waals surface area contributed by atoms with Gasteiger partial charge >= 0.3 is 5.97 Å². The number of anilines is 1. The number of hydrogen-bond acceptors (Lipinski definition) is 4. The Balaban J connectivity index is 1.86. The van der Waals surface area contributed by atoms with E-state index in [9.17, 15) is 9.59 Å². The van der Waals surface area contributed by atoms with Crippen molar-refractivity contribution >= 4 is 17.6 Å². The Hall–Kier alpha value is -2.82. The van der Waals surface area contributed by atoms with Crippen LogP contribution >= 0.6 is 0 Å². The first kappa shape index (κ1) is 15.1. The maximum absolute atomic E-state index is 12.7. The van der Waals surface area contributed by atoms with Crippen molar-refractivity contribution in [3.63, 3.8) is 0 Å². The zero-order chi connectivity index (χ0) is 16.4. The molecule has 5 nitrogen and oxygen atoms in total. The Morgan fingerprint density at radius 2 is 1.87 bits per heavy atom. The number of benzene rings is 2. The van der Waals surface area contributed by atoms with E-state index in [0.29, 0.717) is 23.4 Å². The van der Waals surface area contributed by atoms with E-state index in [-0.39, 0.29) is 5.91 Å². The van der Waals surface area contributed by atoms with Crippen LogP contribution in [0.3, 0.4) is 0 Å². The van der Waals surface area contributed by atoms with Crippen LogP contribution in [-0.4, -0.2) is 24.6 Å². The molecule has 5 heteroatoms. The molecule has 2 aromatic rings. The van der Waals surface area contributed by atoms with Gasteiger partial charge in [0.15, 0.2) is 5.60 Å². The minimum Gasteiger partial charge on any atom is -0.495 e. The van der Waals surface area contributed by atoms with Crippen LogP contribution in [0.1, 0.15) is 22.8 Å². The highest BCUT2D eigenvalue weighted by Crippen LogP contribution is 2.31. The summed E-state index contributed by atoms with van der Waals surface area (Å²) >= 11 is 0. The van der Waals surface area contributed by atoms with Gasteiger partial charge < -0.3 is 14.8 Å². The lowest BCUT2D eigenvalue weighted by Gasteiger charge is -2.33. The maximum Gasteiger partial charge on any atom is 0.339 e. The highest BCUT2D eigenvalue weighted by atomic mass is 16.6. The summed E-state index contributed by atoms with van der Waals surface area (Å²) < 4.78 is 10.6. The van der Waals surface area contributed by atoms with Gasteiger partial charge in [-0.1, -0.05) is 30.3 Å². The van der Waals surface area contributed by atoms with Crippen LogP contribution < -0.4 is 10.1 Å². The molecule has 0 radical (unpaired) electrons. The quantitative estimate of drug-likeness (QED) is 0.885. The van der Waals surface area contributed by atoms with Crippen molar-refractivity contribution in [3.05, 3.63) is 59.7 Å². The molecule has 23 heavy (non-hydrogen) atoms. The number of carbonyl (C=O) groups excluding carboxylic acids is 2. The van der Waals surface area contributed by atoms with Gasteiger partial charge in [-0.25, -0.2) is 4.79 Å². The van der Waals surface area contributed by atoms with Gasteiger partial charge in [0.1, 0.15) is 5.75 Å². The van der Waals surface area contributed by atoms with Gasteiger partial charge in [0.05, 0.1) is 18.4 Å². The van der Waals surface area contributed by atoms with Crippen LogP contribution in [0.5, 0.6) is 5.75 Å². The molecule has 1 N–H and O–H groups in total. The monoisotopic (exact) mass is 311 g/mol. The molecule has 0 aliphatic carbocycles. The number of nitrogens with one attached hydrogen (secondary N) is 1. The third-order valence-corrected chi connectivity index (χ3v) is 3.92. The van der Waals surface area contributed by atoms with Gasteiger partial charge in [0.25, 0.3) is 5.91 Å². The van der Waals surface area contributed by atoms with Crippen molar-refractivity contribution in [1.29, 1.82) is 0 Å². The molecular formula is C18H17NO4. The Morgan fingerprint density at radius 1 is 1.17 bits per heavy atom. The minimum absolute atomic E-state index is 0.329. The van der Waals surface area contributed by atoms with Gasteiger partial charge in [-0.2, -0.15) is 0 Å². The first-order valence-electron chi connectivity index (χ1n) is 7.29. The van der Waals surface area contributed by atoms with E-state index in [1.54, 1.807) is 37.3 Å². The van der Waals surface area contributed by atoms with Gasteiger partial charge in [0, 0.05) is 6.42 Å². The lowest BCUT2D eigenvalue weighted by Crippen LogP contribution is -2.48. The third kappa shape index (κ3) is 2.77. The number of carbonyl (C=O) groups is 2. The summed E-state index contributed by atoms with van der Waals surface area (Å²) in [4.78, 5) is 24.8. The van der Waals surface area contributed by atoms with Crippen molar-refractivity contribution in [2.45, 2.75) is 18.9 Å². The molecule has 1 amide bonds. The first-order valence-corrected chi connectivity index (χ1v) is 7.29. The van der Waals surface area contributed by atoms with E-state index in [2.05, 4.69) is 5.32 Å². The Bertz CT molecular complexity index is 771. The zero-order valence-electron chi connectivity index (χ0n) is 13.0. The minimum atomic E-state index is -1.26. The van der Waals surface area contributed by atoms with Gasteiger partial charge in [-0.05, 0) is 30.7 Å². The number of esters is 1. The number of para-hydroxylation sites is 2. The van der Waals surface area contributed by atoms with Crippen LogP contribution in [-0.2, 0) is 16.0 Å². The fourth-order valence-corrected chi connectivity index (χ4v) is 2.66. The van der Waals surface area contributed by atoms with Gasteiger partial charge in [0.2, 0.25) is 0 Å². The molecule has 1 aliphatic rings. The third-order valence-electron chi connectivity index (χ3n) is 3.92. The molecule has 1 aliphatic heterocycles. The molecular weight excluding hydrogens is 294 g/mol. The highest BCUT2D eigenvalue weighted by Gasteiger charge is 2.42. The van der Waals surface area contributed by atoms with Crippen LogP contribution in [0.15, 0.2) is 48.5 Å². The summed E-state index contributed by atoms with van der Waals surface area (Å²) in [6.07, 6.45) is 0.329. The lowest BCUT2D eigenvalue weighted by atomic mass is 9.89. The Morgan fingerprint density at radius 3 is 2.65 bits per heavy atom. The van der Waals surface area contributed by atoms with E-state index in [0.717, 1.165) is 5.56 Å². The number of hydrogen-bond donors (Lipinski definition) is 1. The molecule has 1 heterocycles. The Kier molecular flexibility index (Phi) is 3.78. The molecule has 118 valence electrons. The van der Waals surface area contributed by atoms with Crippen LogP contribution in [0.2, 0.25) is 0 Å². The average molecular weight is 311 g/mol. The number of rotatable bonds is 3. The number of cyclic esters (lactones) is 1. The lowest BCUT2D eigenvalue weighted by molar-refractivity contribution is -0.134. The molecule has 1 atom stereocenters. The normalized spacial score (nSPS) is 19.5. The maximum atomic E-state index is 12.7. The summed E-state index contributed by atoms with van der Waals surface area (Å²) in [5.74, 6) is -0.318. The van der Waals surface area contributed by atoms with E-state index in [4.69, 9.17) is 9.47 Å². The topological polar surface area (TPSA) is 64.6 Å². The first-order chi connectivity index (χ1) is 11.0. The molecule has 0 saturated carbocycles. The largest absolute Gasteiger partial charge is 0.495 e. The summed E-state index contributed by atoms with van der Waals surface area (Å²) in [5, 5.41) is 2.78. The summed E-state index contributed by atoms with van der Waals surface area (Å²) in [7, 11) is 1.53. The fourth-order valence-electron chi connectivity index (χ4n) is 2.66. The standard InChI is InChI=1S/C18H17NO4/c1-18(11-12-7-3-4-8-13(12)16(20)23-18)17(21)19-14-9-5-6-10-15(14)22-2/h3-10H,11H2,1-2H3,(H,19,21)/t18-/m1/s1. The number of methoxy groups -OCH3 is 1. The SMILES string of the molecule is COc1ccccc1NC(=O)[C@@]1(C)Cc2ccccc2C(=O)O1. The Labute approximate surface area is 134 Å². The van der Waals surface area contributed by atoms with Crippen molar-refractivity contribution in [2.75, 3.05) is 12.4 Å². The van der Waals surface area contributed by atoms with Crippen molar-refractivity contribution < 1.29 is 19.1 Å². The second kappa shape index (κ2) is 5.76. The van der Waals surface area contributed by atoms with Crippen LogP contribution in [0, 0.1) is 0 Å². The fraction of sp³-hybridized carbons (Fsp3) is 0.222. The molecule has 0 unspecified atom stereocenters. The number of ether oxygens (including phenoxy) is 2. The summed E-state index contributed by atoms with van der Waals surface area (Å²) in [5.41, 5.74) is 0.597. The van der Waals surface area contributed by atoms with Crippen molar-refractivity contribution in [2.24, 2.45) is 0 Å². The average Bonchev–Trinajstić information content (AvgIpc) is 2.55. The molecule has 0 bridgehead atoms.